The maximum Gasteiger partial charge on any atom is 0.265 e. The first-order chi connectivity index (χ1) is 9.06. The summed E-state index contributed by atoms with van der Waals surface area (Å²) in [5, 5.41) is 3.18. The van der Waals surface area contributed by atoms with Gasteiger partial charge in [-0.05, 0) is 18.2 Å². The Hall–Kier alpha value is -1.57. The van der Waals surface area contributed by atoms with Crippen LogP contribution in [0, 0.1) is 0 Å². The molecule has 0 spiro atoms. The summed E-state index contributed by atoms with van der Waals surface area (Å²) in [6.07, 6.45) is 2.98. The van der Waals surface area contributed by atoms with Crippen LogP contribution in [0.3, 0.4) is 0 Å². The van der Waals surface area contributed by atoms with Crippen molar-refractivity contribution in [1.29, 1.82) is 0 Å². The van der Waals surface area contributed by atoms with Crippen molar-refractivity contribution in [3.63, 3.8) is 0 Å². The molecule has 3 aromatic rings. The van der Waals surface area contributed by atoms with E-state index in [1.54, 1.807) is 23.6 Å². The van der Waals surface area contributed by atoms with E-state index in [-0.39, 0.29) is 4.90 Å². The third-order valence-corrected chi connectivity index (χ3v) is 4.98. The zero-order chi connectivity index (χ0) is 13.5. The Morgan fingerprint density at radius 3 is 2.95 bits per heavy atom. The average Bonchev–Trinajstić information content (AvgIpc) is 2.96. The van der Waals surface area contributed by atoms with Gasteiger partial charge in [-0.3, -0.25) is 4.72 Å². The van der Waals surface area contributed by atoms with Crippen molar-refractivity contribution in [3.8, 4) is 0 Å². The fourth-order valence-electron chi connectivity index (χ4n) is 1.74. The van der Waals surface area contributed by atoms with Gasteiger partial charge in [0.1, 0.15) is 4.90 Å². The number of nitrogens with one attached hydrogen (secondary N) is 2. The van der Waals surface area contributed by atoms with Crippen molar-refractivity contribution in [2.45, 2.75) is 4.90 Å². The van der Waals surface area contributed by atoms with Crippen LogP contribution >= 0.6 is 22.9 Å². The average molecular weight is 314 g/mol. The fraction of sp³-hybridized carbons (Fsp3) is 0. The van der Waals surface area contributed by atoms with Crippen LogP contribution in [0.2, 0.25) is 5.02 Å². The van der Waals surface area contributed by atoms with Gasteiger partial charge in [-0.1, -0.05) is 11.6 Å². The Bertz CT molecular complexity index is 825. The molecular weight excluding hydrogens is 306 g/mol. The minimum Gasteiger partial charge on any atom is -0.360 e. The molecule has 2 heterocycles. The first-order valence-electron chi connectivity index (χ1n) is 5.25. The zero-order valence-electron chi connectivity index (χ0n) is 9.42. The number of benzene rings is 1. The Labute approximate surface area is 118 Å². The highest BCUT2D eigenvalue weighted by atomic mass is 35.5. The highest BCUT2D eigenvalue weighted by Gasteiger charge is 2.20. The molecule has 2 N–H and O–H groups in total. The van der Waals surface area contributed by atoms with E-state index in [9.17, 15) is 8.42 Å². The van der Waals surface area contributed by atoms with E-state index in [1.165, 1.54) is 23.7 Å². The summed E-state index contributed by atoms with van der Waals surface area (Å²) >= 11 is 7.09. The number of nitrogens with zero attached hydrogens (tertiary/aromatic N) is 1. The van der Waals surface area contributed by atoms with Crippen LogP contribution < -0.4 is 4.72 Å². The second-order valence-corrected chi connectivity index (χ2v) is 6.77. The van der Waals surface area contributed by atoms with Crippen LogP contribution in [-0.4, -0.2) is 18.4 Å². The summed E-state index contributed by atoms with van der Waals surface area (Å²) < 4.78 is 27.0. The SMILES string of the molecule is O=S(=O)(Nc1nccs1)c1c[nH]c2cc(Cl)ccc12. The molecule has 0 aliphatic heterocycles. The summed E-state index contributed by atoms with van der Waals surface area (Å²) in [4.78, 5) is 6.97. The van der Waals surface area contributed by atoms with E-state index in [1.807, 2.05) is 0 Å². The Morgan fingerprint density at radius 1 is 1.37 bits per heavy atom. The topological polar surface area (TPSA) is 74.8 Å². The number of H-pyrrole nitrogens is 1. The van der Waals surface area contributed by atoms with Gasteiger partial charge in [-0.2, -0.15) is 0 Å². The summed E-state index contributed by atoms with van der Waals surface area (Å²) in [7, 11) is -3.66. The first kappa shape index (κ1) is 12.5. The van der Waals surface area contributed by atoms with Crippen molar-refractivity contribution < 1.29 is 8.42 Å². The second kappa shape index (κ2) is 4.52. The quantitative estimate of drug-likeness (QED) is 0.780. The molecule has 5 nitrogen and oxygen atoms in total. The predicted octanol–water partition coefficient (Wildman–Crippen LogP) is 3.08. The molecule has 0 fully saturated rings. The number of hydrogen-bond donors (Lipinski definition) is 2. The number of fused-ring (bicyclic) bond motifs is 1. The maximum absolute atomic E-state index is 12.3. The van der Waals surface area contributed by atoms with E-state index >= 15 is 0 Å². The van der Waals surface area contributed by atoms with Gasteiger partial charge in [0.15, 0.2) is 5.13 Å². The fourth-order valence-corrected chi connectivity index (χ4v) is 3.88. The molecule has 8 heteroatoms. The van der Waals surface area contributed by atoms with Gasteiger partial charge in [0.05, 0.1) is 0 Å². The lowest BCUT2D eigenvalue weighted by Crippen LogP contribution is -2.12. The van der Waals surface area contributed by atoms with Crippen LogP contribution in [-0.2, 0) is 10.0 Å². The van der Waals surface area contributed by atoms with Crippen LogP contribution in [0.1, 0.15) is 0 Å². The Kier molecular flexibility index (Phi) is 2.96. The van der Waals surface area contributed by atoms with Crippen molar-refractivity contribution in [2.24, 2.45) is 0 Å². The number of thiazole rings is 1. The minimum atomic E-state index is -3.66. The van der Waals surface area contributed by atoms with Gasteiger partial charge >= 0.3 is 0 Å². The van der Waals surface area contributed by atoms with Crippen LogP contribution in [0.15, 0.2) is 40.9 Å². The monoisotopic (exact) mass is 313 g/mol. The van der Waals surface area contributed by atoms with Gasteiger partial charge in [0.2, 0.25) is 0 Å². The highest BCUT2D eigenvalue weighted by Crippen LogP contribution is 2.27. The van der Waals surface area contributed by atoms with Crippen molar-refractivity contribution >= 4 is 49.0 Å². The molecule has 0 atom stereocenters. The smallest absolute Gasteiger partial charge is 0.265 e. The van der Waals surface area contributed by atoms with Crippen LogP contribution in [0.25, 0.3) is 10.9 Å². The van der Waals surface area contributed by atoms with Crippen molar-refractivity contribution in [1.82, 2.24) is 9.97 Å². The number of aromatic nitrogens is 2. The standard InChI is InChI=1S/C11H8ClN3O2S2/c12-7-1-2-8-9(5-7)14-6-10(8)19(16,17)15-11-13-3-4-18-11/h1-6,14H,(H,13,15). The van der Waals surface area contributed by atoms with Crippen molar-refractivity contribution in [2.75, 3.05) is 4.72 Å². The summed E-state index contributed by atoms with van der Waals surface area (Å²) in [6, 6.07) is 5.00. The summed E-state index contributed by atoms with van der Waals surface area (Å²) in [5.74, 6) is 0. The molecular formula is C11H8ClN3O2S2. The Balaban J connectivity index is 2.08. The minimum absolute atomic E-state index is 0.175. The molecule has 0 radical (unpaired) electrons. The lowest BCUT2D eigenvalue weighted by molar-refractivity contribution is 0.602. The summed E-state index contributed by atoms with van der Waals surface area (Å²) in [6.45, 7) is 0. The molecule has 0 aliphatic carbocycles. The van der Waals surface area contributed by atoms with E-state index in [4.69, 9.17) is 11.6 Å². The molecule has 1 aromatic carbocycles. The zero-order valence-corrected chi connectivity index (χ0v) is 11.8. The van der Waals surface area contributed by atoms with Gasteiger partial charge in [-0.25, -0.2) is 13.4 Å². The van der Waals surface area contributed by atoms with E-state index in [2.05, 4.69) is 14.7 Å². The number of halogens is 1. The lowest BCUT2D eigenvalue weighted by Gasteiger charge is -2.03. The van der Waals surface area contributed by atoms with Crippen LogP contribution in [0.5, 0.6) is 0 Å². The first-order valence-corrected chi connectivity index (χ1v) is 7.99. The molecule has 2 aromatic heterocycles. The Morgan fingerprint density at radius 2 is 2.21 bits per heavy atom. The van der Waals surface area contributed by atoms with Gasteiger partial charge in [-0.15, -0.1) is 11.3 Å². The molecule has 0 bridgehead atoms. The van der Waals surface area contributed by atoms with E-state index in [0.717, 1.165) is 0 Å². The molecule has 3 rings (SSSR count). The van der Waals surface area contributed by atoms with E-state index in [0.29, 0.717) is 21.1 Å². The molecule has 98 valence electrons. The molecule has 0 saturated heterocycles. The van der Waals surface area contributed by atoms with Gasteiger partial charge in [0, 0.05) is 33.7 Å². The number of aromatic amines is 1. The molecule has 0 saturated carbocycles. The van der Waals surface area contributed by atoms with Gasteiger partial charge < -0.3 is 4.98 Å². The molecule has 0 amide bonds. The molecule has 0 unspecified atom stereocenters. The normalized spacial score (nSPS) is 11.8. The number of hydrogen-bond acceptors (Lipinski definition) is 4. The van der Waals surface area contributed by atoms with Crippen LogP contribution in [0.4, 0.5) is 5.13 Å². The second-order valence-electron chi connectivity index (χ2n) is 3.79. The van der Waals surface area contributed by atoms with Crippen molar-refractivity contribution in [3.05, 3.63) is 41.0 Å². The summed E-state index contributed by atoms with van der Waals surface area (Å²) in [5.41, 5.74) is 0.673. The van der Waals surface area contributed by atoms with Gasteiger partial charge in [0.25, 0.3) is 10.0 Å². The highest BCUT2D eigenvalue weighted by molar-refractivity contribution is 7.93. The number of rotatable bonds is 3. The maximum atomic E-state index is 12.3. The van der Waals surface area contributed by atoms with E-state index < -0.39 is 10.0 Å². The third kappa shape index (κ3) is 2.32. The largest absolute Gasteiger partial charge is 0.360 e. The third-order valence-electron chi connectivity index (χ3n) is 2.55. The molecule has 0 aliphatic rings. The number of anilines is 1. The predicted molar refractivity (Wildman–Crippen MR) is 76.2 cm³/mol. The number of sulfonamides is 1. The lowest BCUT2D eigenvalue weighted by atomic mass is 10.2. The molecule has 19 heavy (non-hydrogen) atoms.